The van der Waals surface area contributed by atoms with Gasteiger partial charge in [-0.2, -0.15) is 0 Å². The van der Waals surface area contributed by atoms with Crippen LogP contribution in [-0.2, 0) is 4.79 Å². The van der Waals surface area contributed by atoms with Gasteiger partial charge >= 0.3 is 0 Å². The average molecular weight is 314 g/mol. The summed E-state index contributed by atoms with van der Waals surface area (Å²) in [6.45, 7) is 5.43. The van der Waals surface area contributed by atoms with Crippen LogP contribution in [0.15, 0.2) is 42.5 Å². The first-order chi connectivity index (χ1) is 10.9. The standard InChI is InChI=1S/C17H18N2O4/c1-11-8-9-12(2)16(10-11)23-13(3)17(20)18-14-6-4-5-7-15(14)19(21)22/h4-10,13H,1-3H3,(H,18,20). The van der Waals surface area contributed by atoms with Gasteiger partial charge in [-0.25, -0.2) is 0 Å². The number of para-hydroxylation sites is 2. The number of carbonyl (C=O) groups is 1. The molecule has 0 aliphatic rings. The SMILES string of the molecule is Cc1ccc(C)c(OC(C)C(=O)Nc2ccccc2[N+](=O)[O-])c1. The predicted octanol–water partition coefficient (Wildman–Crippen LogP) is 3.62. The van der Waals surface area contributed by atoms with Gasteiger partial charge in [0.1, 0.15) is 11.4 Å². The molecule has 1 atom stereocenters. The number of ether oxygens (including phenoxy) is 1. The predicted molar refractivity (Wildman–Crippen MR) is 87.7 cm³/mol. The van der Waals surface area contributed by atoms with Crippen molar-refractivity contribution in [1.29, 1.82) is 0 Å². The van der Waals surface area contributed by atoms with Crippen LogP contribution < -0.4 is 10.1 Å². The zero-order chi connectivity index (χ0) is 17.0. The van der Waals surface area contributed by atoms with E-state index in [1.54, 1.807) is 19.1 Å². The smallest absolute Gasteiger partial charge is 0.292 e. The zero-order valence-corrected chi connectivity index (χ0v) is 13.2. The van der Waals surface area contributed by atoms with Crippen LogP contribution in [0.5, 0.6) is 5.75 Å². The number of hydrogen-bond donors (Lipinski definition) is 1. The number of carbonyl (C=O) groups excluding carboxylic acids is 1. The molecule has 23 heavy (non-hydrogen) atoms. The van der Waals surface area contributed by atoms with Crippen molar-refractivity contribution in [3.63, 3.8) is 0 Å². The number of hydrogen-bond acceptors (Lipinski definition) is 4. The quantitative estimate of drug-likeness (QED) is 0.675. The number of nitrogens with zero attached hydrogens (tertiary/aromatic N) is 1. The third-order valence-corrected chi connectivity index (χ3v) is 3.38. The maximum absolute atomic E-state index is 12.2. The van der Waals surface area contributed by atoms with E-state index < -0.39 is 16.9 Å². The summed E-state index contributed by atoms with van der Waals surface area (Å²) in [4.78, 5) is 22.7. The summed E-state index contributed by atoms with van der Waals surface area (Å²) in [5, 5.41) is 13.5. The first-order valence-corrected chi connectivity index (χ1v) is 7.16. The van der Waals surface area contributed by atoms with Crippen LogP contribution in [-0.4, -0.2) is 16.9 Å². The van der Waals surface area contributed by atoms with Gasteiger partial charge < -0.3 is 10.1 Å². The van der Waals surface area contributed by atoms with Crippen LogP contribution in [0, 0.1) is 24.0 Å². The van der Waals surface area contributed by atoms with Crippen molar-refractivity contribution in [2.45, 2.75) is 26.9 Å². The van der Waals surface area contributed by atoms with Crippen molar-refractivity contribution in [2.24, 2.45) is 0 Å². The Morgan fingerprint density at radius 1 is 1.22 bits per heavy atom. The van der Waals surface area contributed by atoms with Crippen molar-refractivity contribution in [3.05, 3.63) is 63.7 Å². The normalized spacial score (nSPS) is 11.6. The summed E-state index contributed by atoms with van der Waals surface area (Å²) in [6, 6.07) is 11.7. The second kappa shape index (κ2) is 6.91. The Kier molecular flexibility index (Phi) is 4.95. The molecule has 0 saturated carbocycles. The minimum Gasteiger partial charge on any atom is -0.481 e. The Morgan fingerprint density at radius 2 is 1.91 bits per heavy atom. The molecule has 0 heterocycles. The molecule has 2 rings (SSSR count). The van der Waals surface area contributed by atoms with Crippen LogP contribution in [0.4, 0.5) is 11.4 Å². The molecule has 2 aromatic rings. The zero-order valence-electron chi connectivity index (χ0n) is 13.2. The van der Waals surface area contributed by atoms with E-state index >= 15 is 0 Å². The molecule has 2 aromatic carbocycles. The largest absolute Gasteiger partial charge is 0.481 e. The van der Waals surface area contributed by atoms with E-state index in [0.29, 0.717) is 5.75 Å². The number of nitro groups is 1. The van der Waals surface area contributed by atoms with Crippen LogP contribution >= 0.6 is 0 Å². The second-order valence-corrected chi connectivity index (χ2v) is 5.29. The van der Waals surface area contributed by atoms with Crippen LogP contribution in [0.2, 0.25) is 0 Å². The Morgan fingerprint density at radius 3 is 2.61 bits per heavy atom. The van der Waals surface area contributed by atoms with Crippen LogP contribution in [0.1, 0.15) is 18.1 Å². The lowest BCUT2D eigenvalue weighted by molar-refractivity contribution is -0.383. The van der Waals surface area contributed by atoms with Gasteiger partial charge in [0.25, 0.3) is 11.6 Å². The van der Waals surface area contributed by atoms with E-state index in [9.17, 15) is 14.9 Å². The molecule has 120 valence electrons. The fourth-order valence-corrected chi connectivity index (χ4v) is 2.05. The Hall–Kier alpha value is -2.89. The highest BCUT2D eigenvalue weighted by molar-refractivity contribution is 5.96. The molecular formula is C17H18N2O4. The van der Waals surface area contributed by atoms with Gasteiger partial charge in [-0.05, 0) is 44.0 Å². The van der Waals surface area contributed by atoms with E-state index in [4.69, 9.17) is 4.74 Å². The minimum absolute atomic E-state index is 0.152. The summed E-state index contributed by atoms with van der Waals surface area (Å²) in [6.07, 6.45) is -0.782. The first kappa shape index (κ1) is 16.5. The van der Waals surface area contributed by atoms with Crippen LogP contribution in [0.3, 0.4) is 0 Å². The van der Waals surface area contributed by atoms with Crippen molar-refractivity contribution < 1.29 is 14.5 Å². The lowest BCUT2D eigenvalue weighted by atomic mass is 10.1. The van der Waals surface area contributed by atoms with Crippen molar-refractivity contribution in [2.75, 3.05) is 5.32 Å². The monoisotopic (exact) mass is 314 g/mol. The Balaban J connectivity index is 2.12. The van der Waals surface area contributed by atoms with E-state index in [0.717, 1.165) is 11.1 Å². The van der Waals surface area contributed by atoms with Gasteiger partial charge in [0.15, 0.2) is 6.10 Å². The number of amides is 1. The molecule has 0 spiro atoms. The highest BCUT2D eigenvalue weighted by Gasteiger charge is 2.20. The maximum atomic E-state index is 12.2. The van der Waals surface area contributed by atoms with Crippen LogP contribution in [0.25, 0.3) is 0 Å². The van der Waals surface area contributed by atoms with Crippen molar-refractivity contribution in [3.8, 4) is 5.75 Å². The van der Waals surface area contributed by atoms with E-state index in [2.05, 4.69) is 5.32 Å². The highest BCUT2D eigenvalue weighted by atomic mass is 16.6. The van der Waals surface area contributed by atoms with Crippen molar-refractivity contribution >= 4 is 17.3 Å². The third-order valence-electron chi connectivity index (χ3n) is 3.38. The van der Waals surface area contributed by atoms with Gasteiger partial charge in [0.2, 0.25) is 0 Å². The van der Waals surface area contributed by atoms with Gasteiger partial charge in [-0.3, -0.25) is 14.9 Å². The van der Waals surface area contributed by atoms with Gasteiger partial charge in [0, 0.05) is 6.07 Å². The van der Waals surface area contributed by atoms with E-state index in [1.807, 2.05) is 32.0 Å². The molecule has 0 aliphatic heterocycles. The highest BCUT2D eigenvalue weighted by Crippen LogP contribution is 2.24. The molecule has 1 unspecified atom stereocenters. The number of rotatable bonds is 5. The molecular weight excluding hydrogens is 296 g/mol. The fraction of sp³-hybridized carbons (Fsp3) is 0.235. The van der Waals surface area contributed by atoms with Crippen molar-refractivity contribution in [1.82, 2.24) is 0 Å². The Labute approximate surface area is 134 Å². The summed E-state index contributed by atoms with van der Waals surface area (Å²) in [5.41, 5.74) is 1.94. The minimum atomic E-state index is -0.782. The van der Waals surface area contributed by atoms with E-state index in [-0.39, 0.29) is 11.4 Å². The first-order valence-electron chi connectivity index (χ1n) is 7.16. The molecule has 0 fully saturated rings. The maximum Gasteiger partial charge on any atom is 0.292 e. The molecule has 6 nitrogen and oxygen atoms in total. The molecule has 1 N–H and O–H groups in total. The van der Waals surface area contributed by atoms with Gasteiger partial charge in [-0.1, -0.05) is 24.3 Å². The third kappa shape index (κ3) is 4.06. The molecule has 6 heteroatoms. The fourth-order valence-electron chi connectivity index (χ4n) is 2.05. The second-order valence-electron chi connectivity index (χ2n) is 5.29. The number of anilines is 1. The summed E-state index contributed by atoms with van der Waals surface area (Å²) >= 11 is 0. The van der Waals surface area contributed by atoms with Gasteiger partial charge in [0.05, 0.1) is 4.92 Å². The average Bonchev–Trinajstić information content (AvgIpc) is 2.51. The number of aryl methyl sites for hydroxylation is 2. The lowest BCUT2D eigenvalue weighted by Crippen LogP contribution is -2.30. The summed E-state index contributed by atoms with van der Waals surface area (Å²) in [7, 11) is 0. The van der Waals surface area contributed by atoms with Gasteiger partial charge in [-0.15, -0.1) is 0 Å². The number of benzene rings is 2. The molecule has 1 amide bonds. The molecule has 0 radical (unpaired) electrons. The summed E-state index contributed by atoms with van der Waals surface area (Å²) < 4.78 is 5.68. The topological polar surface area (TPSA) is 81.5 Å². The number of nitrogens with one attached hydrogen (secondary N) is 1. The lowest BCUT2D eigenvalue weighted by Gasteiger charge is -2.16. The molecule has 0 aliphatic carbocycles. The molecule has 0 saturated heterocycles. The number of nitro benzene ring substituents is 1. The molecule has 0 bridgehead atoms. The summed E-state index contributed by atoms with van der Waals surface area (Å²) in [5.74, 6) is 0.176. The Bertz CT molecular complexity index is 743. The molecule has 0 aromatic heterocycles. The van der Waals surface area contributed by atoms with E-state index in [1.165, 1.54) is 12.1 Å².